The highest BCUT2D eigenvalue weighted by molar-refractivity contribution is 7.89. The van der Waals surface area contributed by atoms with Crippen LogP contribution in [0.2, 0.25) is 0 Å². The Bertz CT molecular complexity index is 987. The van der Waals surface area contributed by atoms with Gasteiger partial charge in [0.15, 0.2) is 0 Å². The van der Waals surface area contributed by atoms with Gasteiger partial charge in [-0.2, -0.15) is 4.31 Å². The van der Waals surface area contributed by atoms with E-state index in [-0.39, 0.29) is 28.6 Å². The Morgan fingerprint density at radius 3 is 2.29 bits per heavy atom. The summed E-state index contributed by atoms with van der Waals surface area (Å²) >= 11 is 0. The fourth-order valence-electron chi connectivity index (χ4n) is 4.25. The lowest BCUT2D eigenvalue weighted by atomic mass is 10.0. The van der Waals surface area contributed by atoms with Gasteiger partial charge >= 0.3 is 11.8 Å². The van der Waals surface area contributed by atoms with Gasteiger partial charge in [0.05, 0.1) is 4.90 Å². The lowest BCUT2D eigenvalue weighted by Gasteiger charge is -2.29. The zero-order valence-electron chi connectivity index (χ0n) is 17.9. The van der Waals surface area contributed by atoms with Gasteiger partial charge in [-0.3, -0.25) is 4.79 Å². The zero-order valence-corrected chi connectivity index (χ0v) is 18.7. The lowest BCUT2D eigenvalue weighted by molar-refractivity contribution is 0.0899. The zero-order chi connectivity index (χ0) is 21.8. The maximum absolute atomic E-state index is 12.9. The average molecular weight is 447 g/mol. The van der Waals surface area contributed by atoms with Crippen molar-refractivity contribution in [2.75, 3.05) is 13.1 Å². The second-order valence-electron chi connectivity index (χ2n) is 8.69. The molecule has 1 amide bonds. The Balaban J connectivity index is 1.42. The van der Waals surface area contributed by atoms with Gasteiger partial charge in [-0.25, -0.2) is 8.42 Å². The van der Waals surface area contributed by atoms with Crippen LogP contribution in [0, 0.1) is 5.92 Å². The number of sulfonamides is 1. The Kier molecular flexibility index (Phi) is 6.71. The second kappa shape index (κ2) is 9.48. The number of piperidine rings is 1. The summed E-state index contributed by atoms with van der Waals surface area (Å²) in [5.74, 6) is 0.324. The molecule has 2 aromatic rings. The van der Waals surface area contributed by atoms with E-state index in [1.165, 1.54) is 12.8 Å². The van der Waals surface area contributed by atoms with Crippen molar-refractivity contribution < 1.29 is 17.6 Å². The van der Waals surface area contributed by atoms with Crippen LogP contribution < -0.4 is 5.32 Å². The summed E-state index contributed by atoms with van der Waals surface area (Å²) in [4.78, 5) is 12.7. The molecule has 0 unspecified atom stereocenters. The SMILES string of the molecule is CC1CCN(S(=O)(=O)c2ccc(-c3nnc(C(=O)NC4CCCCCC4)o3)cc2)CC1. The molecule has 0 radical (unpaired) electrons. The fraction of sp³-hybridized carbons (Fsp3) is 0.591. The van der Waals surface area contributed by atoms with Gasteiger partial charge in [-0.1, -0.05) is 32.6 Å². The molecular formula is C22H30N4O4S. The van der Waals surface area contributed by atoms with Crippen LogP contribution in [0.5, 0.6) is 0 Å². The quantitative estimate of drug-likeness (QED) is 0.704. The standard InChI is InChI=1S/C22H30N4O4S/c1-16-12-14-26(15-13-16)31(28,29)19-10-8-17(9-11-19)21-24-25-22(30-21)20(27)23-18-6-4-2-3-5-7-18/h8-11,16,18H,2-7,12-15H2,1H3,(H,23,27). The van der Waals surface area contributed by atoms with E-state index in [1.807, 2.05) is 0 Å². The Labute approximate surface area is 183 Å². The molecule has 1 saturated carbocycles. The largest absolute Gasteiger partial charge is 0.412 e. The van der Waals surface area contributed by atoms with Gasteiger partial charge in [-0.15, -0.1) is 10.2 Å². The molecule has 8 nitrogen and oxygen atoms in total. The molecule has 2 fully saturated rings. The predicted octanol–water partition coefficient (Wildman–Crippen LogP) is 3.61. The van der Waals surface area contributed by atoms with Gasteiger partial charge in [0.25, 0.3) is 0 Å². The highest BCUT2D eigenvalue weighted by Gasteiger charge is 2.28. The first-order valence-corrected chi connectivity index (χ1v) is 12.6. The minimum atomic E-state index is -3.51. The second-order valence-corrected chi connectivity index (χ2v) is 10.6. The third-order valence-electron chi connectivity index (χ3n) is 6.29. The third kappa shape index (κ3) is 5.15. The molecule has 9 heteroatoms. The summed E-state index contributed by atoms with van der Waals surface area (Å²) in [7, 11) is -3.51. The normalized spacial score (nSPS) is 19.8. The van der Waals surface area contributed by atoms with E-state index in [4.69, 9.17) is 4.42 Å². The van der Waals surface area contributed by atoms with Gasteiger partial charge in [0.1, 0.15) is 0 Å². The number of nitrogens with one attached hydrogen (secondary N) is 1. The first kappa shape index (κ1) is 22.0. The van der Waals surface area contributed by atoms with E-state index in [0.29, 0.717) is 24.6 Å². The number of amides is 1. The van der Waals surface area contributed by atoms with Gasteiger partial charge < -0.3 is 9.73 Å². The third-order valence-corrected chi connectivity index (χ3v) is 8.20. The first-order chi connectivity index (χ1) is 14.9. The number of aromatic nitrogens is 2. The molecule has 1 saturated heterocycles. The van der Waals surface area contributed by atoms with Crippen molar-refractivity contribution in [3.63, 3.8) is 0 Å². The maximum atomic E-state index is 12.9. The Morgan fingerprint density at radius 1 is 1.00 bits per heavy atom. The maximum Gasteiger partial charge on any atom is 0.309 e. The topological polar surface area (TPSA) is 105 Å². The van der Waals surface area contributed by atoms with Crippen LogP contribution in [0.25, 0.3) is 11.5 Å². The molecule has 2 aliphatic rings. The van der Waals surface area contributed by atoms with Crippen LogP contribution in [0.15, 0.2) is 33.6 Å². The summed E-state index contributed by atoms with van der Waals surface area (Å²) in [5.41, 5.74) is 0.576. The number of carbonyl (C=O) groups is 1. The van der Waals surface area contributed by atoms with E-state index in [0.717, 1.165) is 38.5 Å². The minimum Gasteiger partial charge on any atom is -0.412 e. The van der Waals surface area contributed by atoms with Crippen molar-refractivity contribution in [1.29, 1.82) is 0 Å². The summed E-state index contributed by atoms with van der Waals surface area (Å²) < 4.78 is 32.9. The lowest BCUT2D eigenvalue weighted by Crippen LogP contribution is -2.37. The van der Waals surface area contributed by atoms with Crippen molar-refractivity contribution >= 4 is 15.9 Å². The molecule has 1 N–H and O–H groups in total. The number of carbonyl (C=O) groups excluding carboxylic acids is 1. The number of hydrogen-bond donors (Lipinski definition) is 1. The summed E-state index contributed by atoms with van der Waals surface area (Å²) in [6.07, 6.45) is 8.35. The molecule has 1 aromatic carbocycles. The fourth-order valence-corrected chi connectivity index (χ4v) is 5.72. The highest BCUT2D eigenvalue weighted by atomic mass is 32.2. The highest BCUT2D eigenvalue weighted by Crippen LogP contribution is 2.26. The monoisotopic (exact) mass is 446 g/mol. The molecule has 0 bridgehead atoms. The summed E-state index contributed by atoms with van der Waals surface area (Å²) in [5, 5.41) is 10.8. The van der Waals surface area contributed by atoms with Crippen molar-refractivity contribution in [3.05, 3.63) is 30.2 Å². The molecule has 2 heterocycles. The van der Waals surface area contributed by atoms with E-state index in [1.54, 1.807) is 28.6 Å². The number of nitrogens with zero attached hydrogens (tertiary/aromatic N) is 3. The summed E-state index contributed by atoms with van der Waals surface area (Å²) in [6.45, 7) is 3.25. The summed E-state index contributed by atoms with van der Waals surface area (Å²) in [6, 6.07) is 6.53. The number of hydrogen-bond acceptors (Lipinski definition) is 6. The van der Waals surface area contributed by atoms with Crippen molar-refractivity contribution in [2.24, 2.45) is 5.92 Å². The van der Waals surface area contributed by atoms with E-state index >= 15 is 0 Å². The van der Waals surface area contributed by atoms with Crippen molar-refractivity contribution in [3.8, 4) is 11.5 Å². The van der Waals surface area contributed by atoms with E-state index in [9.17, 15) is 13.2 Å². The van der Waals surface area contributed by atoms with Gasteiger partial charge in [-0.05, 0) is 55.9 Å². The van der Waals surface area contributed by atoms with Crippen LogP contribution in [0.1, 0.15) is 69.0 Å². The van der Waals surface area contributed by atoms with Crippen LogP contribution in [0.4, 0.5) is 0 Å². The minimum absolute atomic E-state index is 0.0709. The molecule has 0 spiro atoms. The Morgan fingerprint density at radius 2 is 1.65 bits per heavy atom. The molecule has 1 aromatic heterocycles. The molecule has 4 rings (SSSR count). The predicted molar refractivity (Wildman–Crippen MR) is 116 cm³/mol. The molecule has 1 aliphatic carbocycles. The van der Waals surface area contributed by atoms with E-state index < -0.39 is 10.0 Å². The first-order valence-electron chi connectivity index (χ1n) is 11.2. The van der Waals surface area contributed by atoms with Crippen LogP contribution in [-0.4, -0.2) is 48.0 Å². The average Bonchev–Trinajstić information content (AvgIpc) is 3.13. The van der Waals surface area contributed by atoms with Gasteiger partial charge in [0, 0.05) is 24.7 Å². The number of benzene rings is 1. The molecule has 31 heavy (non-hydrogen) atoms. The smallest absolute Gasteiger partial charge is 0.309 e. The van der Waals surface area contributed by atoms with E-state index in [2.05, 4.69) is 22.4 Å². The van der Waals surface area contributed by atoms with Crippen molar-refractivity contribution in [2.45, 2.75) is 69.2 Å². The van der Waals surface area contributed by atoms with Crippen LogP contribution in [0.3, 0.4) is 0 Å². The number of rotatable bonds is 5. The van der Waals surface area contributed by atoms with Crippen molar-refractivity contribution in [1.82, 2.24) is 19.8 Å². The molecule has 1 aliphatic heterocycles. The molecular weight excluding hydrogens is 416 g/mol. The van der Waals surface area contributed by atoms with Gasteiger partial charge in [0.2, 0.25) is 15.9 Å². The van der Waals surface area contributed by atoms with Crippen LogP contribution in [-0.2, 0) is 10.0 Å². The van der Waals surface area contributed by atoms with Crippen LogP contribution >= 0.6 is 0 Å². The molecule has 168 valence electrons. The Hall–Kier alpha value is -2.26. The molecule has 0 atom stereocenters.